The van der Waals surface area contributed by atoms with Gasteiger partial charge in [0, 0.05) is 18.2 Å². The van der Waals surface area contributed by atoms with Crippen molar-refractivity contribution in [2.45, 2.75) is 12.8 Å². The topological polar surface area (TPSA) is 84.6 Å². The molecule has 1 saturated carbocycles. The fourth-order valence-corrected chi connectivity index (χ4v) is 3.07. The van der Waals surface area contributed by atoms with E-state index in [2.05, 4.69) is 22.7 Å². The molecule has 2 aliphatic rings. The third kappa shape index (κ3) is 2.69. The van der Waals surface area contributed by atoms with E-state index in [9.17, 15) is 14.9 Å². The van der Waals surface area contributed by atoms with Crippen molar-refractivity contribution in [1.82, 2.24) is 5.43 Å². The number of carbonyl (C=O) groups is 1. The number of allylic oxidation sites excluding steroid dienone is 2. The van der Waals surface area contributed by atoms with Crippen LogP contribution >= 0.6 is 0 Å². The van der Waals surface area contributed by atoms with E-state index in [1.54, 1.807) is 12.3 Å². The van der Waals surface area contributed by atoms with E-state index in [0.29, 0.717) is 17.8 Å². The van der Waals surface area contributed by atoms with Crippen molar-refractivity contribution in [3.05, 3.63) is 52.1 Å². The fourth-order valence-electron chi connectivity index (χ4n) is 3.07. The molecule has 0 spiro atoms. The minimum absolute atomic E-state index is 0.0208. The molecular weight excluding hydrogens is 270 g/mol. The van der Waals surface area contributed by atoms with Crippen LogP contribution in [0, 0.1) is 27.9 Å². The first-order chi connectivity index (χ1) is 10.1. The van der Waals surface area contributed by atoms with Crippen LogP contribution in [0.15, 0.2) is 41.5 Å². The van der Waals surface area contributed by atoms with E-state index in [-0.39, 0.29) is 11.3 Å². The average molecular weight is 285 g/mol. The number of nitro benzene ring substituents is 1. The number of nitrogens with zero attached hydrogens (tertiary/aromatic N) is 2. The fraction of sp³-hybridized carbons (Fsp3) is 0.333. The van der Waals surface area contributed by atoms with Crippen LogP contribution in [0.1, 0.15) is 23.2 Å². The summed E-state index contributed by atoms with van der Waals surface area (Å²) in [7, 11) is 0. The van der Waals surface area contributed by atoms with Crippen LogP contribution < -0.4 is 5.43 Å². The highest BCUT2D eigenvalue weighted by Crippen LogP contribution is 2.42. The number of nitrogens with one attached hydrogen (secondary N) is 1. The average Bonchev–Trinajstić information content (AvgIpc) is 3.09. The van der Waals surface area contributed by atoms with Gasteiger partial charge in [-0.1, -0.05) is 24.3 Å². The van der Waals surface area contributed by atoms with Gasteiger partial charge in [0.05, 0.1) is 4.92 Å². The summed E-state index contributed by atoms with van der Waals surface area (Å²) >= 11 is 0. The number of hydrogen-bond donors (Lipinski definition) is 1. The van der Waals surface area contributed by atoms with Gasteiger partial charge < -0.3 is 0 Å². The van der Waals surface area contributed by atoms with Crippen molar-refractivity contribution in [1.29, 1.82) is 0 Å². The second kappa shape index (κ2) is 5.47. The van der Waals surface area contributed by atoms with Gasteiger partial charge in [-0.2, -0.15) is 5.10 Å². The number of rotatable bonds is 4. The number of hydrogen-bond acceptors (Lipinski definition) is 4. The second-order valence-corrected chi connectivity index (χ2v) is 5.44. The zero-order valence-corrected chi connectivity index (χ0v) is 11.3. The molecule has 2 bridgehead atoms. The molecule has 3 atom stereocenters. The van der Waals surface area contributed by atoms with Crippen molar-refractivity contribution < 1.29 is 9.72 Å². The molecule has 0 aliphatic heterocycles. The number of nitro groups is 1. The Bertz CT molecular complexity index is 639. The lowest BCUT2D eigenvalue weighted by molar-refractivity contribution is -0.385. The number of carbonyl (C=O) groups excluding carboxylic acids is 1. The van der Waals surface area contributed by atoms with Crippen molar-refractivity contribution in [3.63, 3.8) is 0 Å². The molecular formula is C15H15N3O3. The molecule has 3 unspecified atom stereocenters. The molecule has 21 heavy (non-hydrogen) atoms. The lowest BCUT2D eigenvalue weighted by atomic mass is 9.95. The summed E-state index contributed by atoms with van der Waals surface area (Å²) in [4.78, 5) is 22.3. The van der Waals surface area contributed by atoms with E-state index in [0.717, 1.165) is 12.8 Å². The van der Waals surface area contributed by atoms with Gasteiger partial charge in [0.15, 0.2) is 0 Å². The van der Waals surface area contributed by atoms with Gasteiger partial charge in [-0.3, -0.25) is 14.9 Å². The van der Waals surface area contributed by atoms with Gasteiger partial charge in [0.1, 0.15) is 5.56 Å². The highest BCUT2D eigenvalue weighted by Gasteiger charge is 2.34. The molecule has 1 amide bonds. The SMILES string of the molecule is O=C(N/N=C/C1CC2C=CC1C2)c1ccccc1[N+](=O)[O-]. The first-order valence-corrected chi connectivity index (χ1v) is 6.90. The van der Waals surface area contributed by atoms with Crippen LogP contribution in [0.25, 0.3) is 0 Å². The number of para-hydroxylation sites is 1. The van der Waals surface area contributed by atoms with E-state index in [1.807, 2.05) is 0 Å². The van der Waals surface area contributed by atoms with Gasteiger partial charge in [-0.15, -0.1) is 0 Å². The summed E-state index contributed by atoms with van der Waals surface area (Å²) in [6.45, 7) is 0. The maximum absolute atomic E-state index is 12.0. The van der Waals surface area contributed by atoms with E-state index >= 15 is 0 Å². The molecule has 0 aromatic heterocycles. The minimum Gasteiger partial charge on any atom is -0.267 e. The summed E-state index contributed by atoms with van der Waals surface area (Å²) in [5.74, 6) is 0.947. The molecule has 1 fully saturated rings. The summed E-state index contributed by atoms with van der Waals surface area (Å²) in [5, 5.41) is 14.8. The van der Waals surface area contributed by atoms with Gasteiger partial charge in [0.25, 0.3) is 11.6 Å². The van der Waals surface area contributed by atoms with Crippen LogP contribution in [-0.4, -0.2) is 17.0 Å². The van der Waals surface area contributed by atoms with Gasteiger partial charge in [-0.05, 0) is 30.7 Å². The Morgan fingerprint density at radius 1 is 1.33 bits per heavy atom. The summed E-state index contributed by atoms with van der Waals surface area (Å²) < 4.78 is 0. The minimum atomic E-state index is -0.570. The second-order valence-electron chi connectivity index (χ2n) is 5.44. The van der Waals surface area contributed by atoms with Crippen molar-refractivity contribution in [2.75, 3.05) is 0 Å². The Kier molecular flexibility index (Phi) is 3.51. The molecule has 1 aromatic carbocycles. The highest BCUT2D eigenvalue weighted by molar-refractivity contribution is 5.98. The predicted molar refractivity (Wildman–Crippen MR) is 77.9 cm³/mol. The molecule has 1 aromatic rings. The van der Waals surface area contributed by atoms with Crippen LogP contribution in [0.5, 0.6) is 0 Å². The molecule has 0 heterocycles. The number of benzene rings is 1. The van der Waals surface area contributed by atoms with Crippen LogP contribution in [-0.2, 0) is 0 Å². The van der Waals surface area contributed by atoms with Crippen LogP contribution in [0.3, 0.4) is 0 Å². The van der Waals surface area contributed by atoms with Crippen molar-refractivity contribution >= 4 is 17.8 Å². The van der Waals surface area contributed by atoms with Gasteiger partial charge in [0.2, 0.25) is 0 Å². The normalized spacial score (nSPS) is 26.4. The smallest absolute Gasteiger partial charge is 0.267 e. The molecule has 6 heteroatoms. The first kappa shape index (κ1) is 13.5. The summed E-state index contributed by atoms with van der Waals surface area (Å²) in [6, 6.07) is 5.84. The number of hydrazone groups is 1. The van der Waals surface area contributed by atoms with E-state index in [4.69, 9.17) is 0 Å². The monoisotopic (exact) mass is 285 g/mol. The van der Waals surface area contributed by atoms with Gasteiger partial charge >= 0.3 is 0 Å². The quantitative estimate of drug-likeness (QED) is 0.399. The zero-order valence-electron chi connectivity index (χ0n) is 11.3. The molecule has 0 radical (unpaired) electrons. The molecule has 0 saturated heterocycles. The standard InChI is InChI=1S/C15H15N3O3/c19-15(13-3-1-2-4-14(13)18(20)21)17-16-9-12-8-10-5-6-11(12)7-10/h1-6,9-12H,7-8H2,(H,17,19)/b16-9+. The Labute approximate surface area is 121 Å². The van der Waals surface area contributed by atoms with Crippen molar-refractivity contribution in [3.8, 4) is 0 Å². The molecule has 6 nitrogen and oxygen atoms in total. The molecule has 108 valence electrons. The molecule has 1 N–H and O–H groups in total. The predicted octanol–water partition coefficient (Wildman–Crippen LogP) is 2.52. The summed E-state index contributed by atoms with van der Waals surface area (Å²) in [6.07, 6.45) is 8.41. The van der Waals surface area contributed by atoms with Crippen LogP contribution in [0.4, 0.5) is 5.69 Å². The maximum Gasteiger partial charge on any atom is 0.282 e. The molecule has 2 aliphatic carbocycles. The zero-order chi connectivity index (χ0) is 14.8. The third-order valence-electron chi connectivity index (χ3n) is 4.11. The molecule has 3 rings (SSSR count). The van der Waals surface area contributed by atoms with Crippen molar-refractivity contribution in [2.24, 2.45) is 22.9 Å². The van der Waals surface area contributed by atoms with Gasteiger partial charge in [-0.25, -0.2) is 5.43 Å². The lowest BCUT2D eigenvalue weighted by Crippen LogP contribution is -2.20. The number of fused-ring (bicyclic) bond motifs is 2. The lowest BCUT2D eigenvalue weighted by Gasteiger charge is -2.11. The summed E-state index contributed by atoms with van der Waals surface area (Å²) in [5.41, 5.74) is 2.19. The Balaban J connectivity index is 1.65. The Hall–Kier alpha value is -2.50. The largest absolute Gasteiger partial charge is 0.282 e. The first-order valence-electron chi connectivity index (χ1n) is 6.90. The van der Waals surface area contributed by atoms with E-state index < -0.39 is 10.8 Å². The van der Waals surface area contributed by atoms with E-state index in [1.165, 1.54) is 18.2 Å². The highest BCUT2D eigenvalue weighted by atomic mass is 16.6. The Morgan fingerprint density at radius 3 is 2.81 bits per heavy atom. The third-order valence-corrected chi connectivity index (χ3v) is 4.11. The number of amides is 1. The van der Waals surface area contributed by atoms with Crippen LogP contribution in [0.2, 0.25) is 0 Å². The Morgan fingerprint density at radius 2 is 2.14 bits per heavy atom. The maximum atomic E-state index is 12.0.